The molecule has 4 rings (SSSR count). The van der Waals surface area contributed by atoms with Crippen molar-refractivity contribution in [2.45, 2.75) is 62.7 Å². The number of hydrogen-bond donors (Lipinski definition) is 2. The molecule has 0 unspecified atom stereocenters. The Hall–Kier alpha value is -2.57. The van der Waals surface area contributed by atoms with Gasteiger partial charge in [0.15, 0.2) is 0 Å². The van der Waals surface area contributed by atoms with Crippen molar-refractivity contribution in [1.29, 1.82) is 4.78 Å². The summed E-state index contributed by atoms with van der Waals surface area (Å²) >= 11 is 0. The summed E-state index contributed by atoms with van der Waals surface area (Å²) in [7, 11) is -3.23. The van der Waals surface area contributed by atoms with Crippen molar-refractivity contribution in [2.24, 2.45) is 11.3 Å². The highest BCUT2D eigenvalue weighted by Crippen LogP contribution is 2.54. The summed E-state index contributed by atoms with van der Waals surface area (Å²) in [5.74, 6) is -4.54. The van der Waals surface area contributed by atoms with Crippen molar-refractivity contribution >= 4 is 21.3 Å². The lowest BCUT2D eigenvalue weighted by Gasteiger charge is -2.44. The van der Waals surface area contributed by atoms with Crippen molar-refractivity contribution in [3.05, 3.63) is 35.3 Å². The molecule has 13 heteroatoms. The molecule has 2 aliphatic carbocycles. The average molecular weight is 506 g/mol. The molecule has 0 spiro atoms. The van der Waals surface area contributed by atoms with Gasteiger partial charge in [0.05, 0.1) is 15.4 Å². The van der Waals surface area contributed by atoms with E-state index in [0.717, 1.165) is 17.0 Å². The van der Waals surface area contributed by atoms with Crippen LogP contribution in [0, 0.1) is 16.1 Å². The number of aromatic nitrogens is 3. The van der Waals surface area contributed by atoms with Crippen LogP contribution >= 0.6 is 0 Å². The monoisotopic (exact) mass is 505 g/mol. The molecule has 3 atom stereocenters. The average Bonchev–Trinajstić information content (AvgIpc) is 3.24. The molecule has 2 aromatic rings. The van der Waals surface area contributed by atoms with Gasteiger partial charge in [0.25, 0.3) is 5.91 Å². The van der Waals surface area contributed by atoms with Gasteiger partial charge in [0.1, 0.15) is 16.3 Å². The molecule has 0 bridgehead atoms. The zero-order valence-electron chi connectivity index (χ0n) is 18.7. The highest BCUT2D eigenvalue weighted by molar-refractivity contribution is 7.91. The van der Waals surface area contributed by atoms with Crippen molar-refractivity contribution in [3.63, 3.8) is 0 Å². The molecule has 0 saturated heterocycles. The van der Waals surface area contributed by atoms with E-state index in [-0.39, 0.29) is 28.9 Å². The van der Waals surface area contributed by atoms with Crippen molar-refractivity contribution < 1.29 is 31.0 Å². The van der Waals surface area contributed by atoms with E-state index in [4.69, 9.17) is 4.78 Å². The molecule has 0 aromatic carbocycles. The van der Waals surface area contributed by atoms with Crippen LogP contribution in [0.5, 0.6) is 0 Å². The van der Waals surface area contributed by atoms with Gasteiger partial charge in [0.2, 0.25) is 5.92 Å². The highest BCUT2D eigenvalue weighted by atomic mass is 32.2. The van der Waals surface area contributed by atoms with E-state index in [9.17, 15) is 31.0 Å². The molecule has 2 N–H and O–H groups in total. The second-order valence-corrected chi connectivity index (χ2v) is 11.9. The maximum absolute atomic E-state index is 14.2. The van der Waals surface area contributed by atoms with Crippen LogP contribution in [0.15, 0.2) is 23.4 Å². The van der Waals surface area contributed by atoms with Gasteiger partial charge in [-0.25, -0.2) is 22.8 Å². The Balaban J connectivity index is 1.76. The smallest absolute Gasteiger partial charge is 0.320 e. The lowest BCUT2D eigenvalue weighted by molar-refractivity contribution is -0.160. The predicted molar refractivity (Wildman–Crippen MR) is 113 cm³/mol. The summed E-state index contributed by atoms with van der Waals surface area (Å²) in [6, 6.07) is 2.44. The molecule has 0 aliphatic heterocycles. The molecule has 2 aromatic heterocycles. The fourth-order valence-electron chi connectivity index (χ4n) is 4.63. The summed E-state index contributed by atoms with van der Waals surface area (Å²) in [4.78, 5) is 17.0. The van der Waals surface area contributed by atoms with Crippen LogP contribution in [-0.4, -0.2) is 37.1 Å². The topological polar surface area (TPSA) is 101 Å². The zero-order valence-corrected chi connectivity index (χ0v) is 19.5. The summed E-state index contributed by atoms with van der Waals surface area (Å²) < 4.78 is 90.1. The first kappa shape index (κ1) is 24.6. The quantitative estimate of drug-likeness (QED) is 0.531. The molecular weight excluding hydrogens is 481 g/mol. The number of nitrogens with zero attached hydrogens (tertiary/aromatic N) is 3. The minimum atomic E-state index is -4.89. The molecule has 186 valence electrons. The van der Waals surface area contributed by atoms with Crippen LogP contribution in [0.3, 0.4) is 0 Å². The number of rotatable bonds is 6. The lowest BCUT2D eigenvalue weighted by Crippen LogP contribution is -2.47. The number of pyridine rings is 1. The molecule has 2 aliphatic rings. The van der Waals surface area contributed by atoms with Crippen LogP contribution in [0.2, 0.25) is 0 Å². The third kappa shape index (κ3) is 4.80. The predicted octanol–water partition coefficient (Wildman–Crippen LogP) is 5.14. The maximum Gasteiger partial charge on any atom is 0.420 e. The number of carbonyl (C=O) groups excluding carboxylic acids is 1. The normalized spacial score (nSPS) is 24.7. The van der Waals surface area contributed by atoms with Gasteiger partial charge in [0, 0.05) is 43.4 Å². The third-order valence-corrected chi connectivity index (χ3v) is 7.25. The largest absolute Gasteiger partial charge is 0.420 e. The second kappa shape index (κ2) is 7.72. The summed E-state index contributed by atoms with van der Waals surface area (Å²) in [5, 5.41) is 6.33. The summed E-state index contributed by atoms with van der Waals surface area (Å²) in [5.41, 5.74) is -3.18. The van der Waals surface area contributed by atoms with Gasteiger partial charge >= 0.3 is 6.18 Å². The fraction of sp³-hybridized carbons (Fsp3) is 0.571. The van der Waals surface area contributed by atoms with Crippen LogP contribution in [0.25, 0.3) is 0 Å². The number of hydrogen-bond acceptors (Lipinski definition) is 5. The Labute approximate surface area is 193 Å². The van der Waals surface area contributed by atoms with Crippen LogP contribution in [0.4, 0.5) is 27.6 Å². The number of nitrogens with one attached hydrogen (secondary N) is 2. The summed E-state index contributed by atoms with van der Waals surface area (Å²) in [6.45, 7) is 3.04. The number of anilines is 1. The van der Waals surface area contributed by atoms with Gasteiger partial charge in [-0.05, 0) is 29.9 Å². The van der Waals surface area contributed by atoms with Crippen molar-refractivity contribution in [1.82, 2.24) is 14.8 Å². The first-order valence-electron chi connectivity index (χ1n) is 10.6. The zero-order chi connectivity index (χ0) is 25.3. The Bertz CT molecular complexity index is 1250. The van der Waals surface area contributed by atoms with Gasteiger partial charge in [-0.3, -0.25) is 9.48 Å². The lowest BCUT2D eigenvalue weighted by atomic mass is 9.67. The molecule has 2 heterocycles. The molecule has 1 amide bonds. The van der Waals surface area contributed by atoms with Gasteiger partial charge in [-0.1, -0.05) is 13.8 Å². The minimum Gasteiger partial charge on any atom is -0.320 e. The minimum absolute atomic E-state index is 0.000397. The van der Waals surface area contributed by atoms with Crippen LogP contribution in [-0.2, 0) is 22.5 Å². The molecule has 2 saturated carbocycles. The Morgan fingerprint density at radius 3 is 2.47 bits per heavy atom. The highest BCUT2D eigenvalue weighted by Gasteiger charge is 2.55. The Morgan fingerprint density at radius 2 is 1.97 bits per heavy atom. The van der Waals surface area contributed by atoms with Crippen molar-refractivity contribution in [2.75, 3.05) is 11.6 Å². The van der Waals surface area contributed by atoms with E-state index in [1.54, 1.807) is 6.92 Å². The van der Waals surface area contributed by atoms with E-state index < -0.39 is 63.2 Å². The molecule has 34 heavy (non-hydrogen) atoms. The molecule has 0 radical (unpaired) electrons. The van der Waals surface area contributed by atoms with Crippen molar-refractivity contribution in [3.8, 4) is 0 Å². The SMILES string of the molecule is C[C@H]1C[C@@H]1c1nn(CC2(C)CC(F)(F)C2)c(C(=O)Nc2ccnc([S@](C)(=N)=O)c2)c1C(F)(F)F. The second-order valence-electron chi connectivity index (χ2n) is 9.78. The van der Waals surface area contributed by atoms with E-state index in [0.29, 0.717) is 6.42 Å². The number of alkyl halides is 5. The molecule has 7 nitrogen and oxygen atoms in total. The van der Waals surface area contributed by atoms with Gasteiger partial charge in [-0.2, -0.15) is 18.3 Å². The Morgan fingerprint density at radius 1 is 1.35 bits per heavy atom. The molecular formula is C21H24F5N5O2S. The maximum atomic E-state index is 14.2. The van der Waals surface area contributed by atoms with Gasteiger partial charge < -0.3 is 5.32 Å². The Kier molecular flexibility index (Phi) is 5.57. The standard InChI is InChI=1S/C21H24F5N5O2S/c1-11-6-13(11)16-15(21(24,25)26)17(31(30-16)10-19(2)8-20(22,23)9-19)18(32)29-12-4-5-28-14(7-12)34(3,27)33/h4-5,7,11,13,27H,6,8-10H2,1-3H3,(H,28,29,32)/t11-,13-,34+/m0/s1. The van der Waals surface area contributed by atoms with E-state index >= 15 is 0 Å². The first-order valence-corrected chi connectivity index (χ1v) is 12.5. The van der Waals surface area contributed by atoms with E-state index in [1.165, 1.54) is 19.2 Å². The number of amides is 1. The third-order valence-electron chi connectivity index (χ3n) is 6.23. The molecule has 2 fully saturated rings. The van der Waals surface area contributed by atoms with Crippen LogP contribution < -0.4 is 5.32 Å². The number of carbonyl (C=O) groups is 1. The van der Waals surface area contributed by atoms with E-state index in [1.807, 2.05) is 0 Å². The van der Waals surface area contributed by atoms with Crippen LogP contribution in [0.1, 0.15) is 60.8 Å². The van der Waals surface area contributed by atoms with E-state index in [2.05, 4.69) is 15.4 Å². The summed E-state index contributed by atoms with van der Waals surface area (Å²) in [6.07, 6.45) is -3.14. The van der Waals surface area contributed by atoms with Gasteiger partial charge in [-0.15, -0.1) is 0 Å². The fourth-order valence-corrected chi connectivity index (χ4v) is 5.24. The number of halogens is 5. The first-order chi connectivity index (χ1) is 15.5.